The molecule has 0 aliphatic heterocycles. The number of ether oxygens (including phenoxy) is 1. The van der Waals surface area contributed by atoms with Gasteiger partial charge in [-0.3, -0.25) is 0 Å². The second-order valence-electron chi connectivity index (χ2n) is 2.03. The van der Waals surface area contributed by atoms with Crippen LogP contribution in [0.25, 0.3) is 0 Å². The van der Waals surface area contributed by atoms with Crippen LogP contribution >= 0.6 is 0 Å². The molecule has 0 saturated carbocycles. The first-order chi connectivity index (χ1) is 6.13. The molecule has 6 heteroatoms. The molecule has 0 saturated heterocycles. The lowest BCUT2D eigenvalue weighted by Gasteiger charge is -2.03. The number of pyridine rings is 1. The molecule has 0 amide bonds. The molecule has 0 spiro atoms. The number of aromatic hydroxyl groups is 1. The summed E-state index contributed by atoms with van der Waals surface area (Å²) in [4.78, 5) is 3.32. The Morgan fingerprint density at radius 1 is 1.62 bits per heavy atom. The van der Waals surface area contributed by atoms with Gasteiger partial charge < -0.3 is 9.84 Å². The molecule has 0 aromatic carbocycles. The predicted octanol–water partition coefficient (Wildman–Crippen LogP) is 1.26. The van der Waals surface area contributed by atoms with Gasteiger partial charge in [-0.15, -0.1) is 0 Å². The molecule has 0 fully saturated rings. The Bertz CT molecular complexity index is 349. The van der Waals surface area contributed by atoms with Gasteiger partial charge in [0.1, 0.15) is 11.6 Å². The maximum atomic E-state index is 11.6. The Balaban J connectivity index is 2.95. The van der Waals surface area contributed by atoms with E-state index in [0.29, 0.717) is 0 Å². The van der Waals surface area contributed by atoms with Crippen LogP contribution in [-0.4, -0.2) is 16.7 Å². The largest absolute Gasteiger partial charge is 0.505 e. The SMILES string of the molecule is N#Cc1cc(OC(F)F)ncc1O. The maximum Gasteiger partial charge on any atom is 0.388 e. The minimum Gasteiger partial charge on any atom is -0.505 e. The van der Waals surface area contributed by atoms with Gasteiger partial charge in [0.15, 0.2) is 5.75 Å². The molecular formula is C7H4F2N2O2. The zero-order valence-electron chi connectivity index (χ0n) is 6.24. The van der Waals surface area contributed by atoms with E-state index < -0.39 is 12.5 Å². The smallest absolute Gasteiger partial charge is 0.388 e. The highest BCUT2D eigenvalue weighted by atomic mass is 19.3. The van der Waals surface area contributed by atoms with E-state index in [4.69, 9.17) is 10.4 Å². The van der Waals surface area contributed by atoms with Gasteiger partial charge in [0.25, 0.3) is 0 Å². The van der Waals surface area contributed by atoms with E-state index in [1.54, 1.807) is 6.07 Å². The van der Waals surface area contributed by atoms with Crippen molar-refractivity contribution in [1.82, 2.24) is 4.98 Å². The van der Waals surface area contributed by atoms with Crippen LogP contribution in [0.4, 0.5) is 8.78 Å². The second kappa shape index (κ2) is 3.67. The first kappa shape index (κ1) is 9.19. The fraction of sp³-hybridized carbons (Fsp3) is 0.143. The molecule has 1 rings (SSSR count). The van der Waals surface area contributed by atoms with Crippen molar-refractivity contribution >= 4 is 0 Å². The second-order valence-corrected chi connectivity index (χ2v) is 2.03. The third-order valence-electron chi connectivity index (χ3n) is 1.19. The molecular weight excluding hydrogens is 182 g/mol. The summed E-state index contributed by atoms with van der Waals surface area (Å²) in [6.07, 6.45) is 0.871. The number of nitriles is 1. The molecule has 0 unspecified atom stereocenters. The summed E-state index contributed by atoms with van der Waals surface area (Å²) in [6, 6.07) is 2.53. The van der Waals surface area contributed by atoms with Crippen LogP contribution in [-0.2, 0) is 0 Å². The number of hydrogen-bond acceptors (Lipinski definition) is 4. The van der Waals surface area contributed by atoms with Gasteiger partial charge in [-0.05, 0) is 0 Å². The number of rotatable bonds is 2. The van der Waals surface area contributed by atoms with Gasteiger partial charge >= 0.3 is 6.61 Å². The van der Waals surface area contributed by atoms with Crippen LogP contribution in [0.15, 0.2) is 12.3 Å². The standard InChI is InChI=1S/C7H4F2N2O2/c8-7(9)13-6-1-4(2-10)5(12)3-11-6/h1,3,7,12H. The van der Waals surface area contributed by atoms with E-state index >= 15 is 0 Å². The molecule has 1 heterocycles. The van der Waals surface area contributed by atoms with Crippen molar-refractivity contribution in [3.63, 3.8) is 0 Å². The highest BCUT2D eigenvalue weighted by molar-refractivity contribution is 5.42. The Hall–Kier alpha value is -1.90. The highest BCUT2D eigenvalue weighted by Crippen LogP contribution is 2.19. The molecule has 1 aromatic heterocycles. The summed E-state index contributed by atoms with van der Waals surface area (Å²) in [5.41, 5.74) is -0.161. The predicted molar refractivity (Wildman–Crippen MR) is 37.2 cm³/mol. The molecule has 0 aliphatic carbocycles. The summed E-state index contributed by atoms with van der Waals surface area (Å²) >= 11 is 0. The number of alkyl halides is 2. The van der Waals surface area contributed by atoms with E-state index in [0.717, 1.165) is 12.3 Å². The lowest BCUT2D eigenvalue weighted by atomic mass is 10.3. The third-order valence-corrected chi connectivity index (χ3v) is 1.19. The van der Waals surface area contributed by atoms with E-state index in [1.165, 1.54) is 0 Å². The maximum absolute atomic E-state index is 11.6. The van der Waals surface area contributed by atoms with Crippen LogP contribution in [0.5, 0.6) is 11.6 Å². The van der Waals surface area contributed by atoms with Gasteiger partial charge in [0.2, 0.25) is 5.88 Å². The van der Waals surface area contributed by atoms with E-state index in [2.05, 4.69) is 9.72 Å². The quantitative estimate of drug-likeness (QED) is 0.754. The normalized spacial score (nSPS) is 9.69. The van der Waals surface area contributed by atoms with Crippen molar-refractivity contribution in [2.75, 3.05) is 0 Å². The molecule has 0 aliphatic rings. The van der Waals surface area contributed by atoms with Crippen molar-refractivity contribution < 1.29 is 18.6 Å². The zero-order valence-corrected chi connectivity index (χ0v) is 6.24. The van der Waals surface area contributed by atoms with Crippen molar-refractivity contribution in [2.45, 2.75) is 6.61 Å². The Morgan fingerprint density at radius 3 is 2.85 bits per heavy atom. The lowest BCUT2D eigenvalue weighted by molar-refractivity contribution is -0.0529. The van der Waals surface area contributed by atoms with Gasteiger partial charge in [0.05, 0.1) is 6.20 Å². The van der Waals surface area contributed by atoms with Gasteiger partial charge in [0, 0.05) is 6.07 Å². The number of aromatic nitrogens is 1. The van der Waals surface area contributed by atoms with E-state index in [-0.39, 0.29) is 11.3 Å². The zero-order chi connectivity index (χ0) is 9.84. The molecule has 0 atom stereocenters. The minimum absolute atomic E-state index is 0.161. The fourth-order valence-corrected chi connectivity index (χ4v) is 0.674. The van der Waals surface area contributed by atoms with Crippen LogP contribution in [0.2, 0.25) is 0 Å². The lowest BCUT2D eigenvalue weighted by Crippen LogP contribution is -2.03. The Labute approximate surface area is 72.0 Å². The molecule has 0 bridgehead atoms. The van der Waals surface area contributed by atoms with Gasteiger partial charge in [-0.1, -0.05) is 0 Å². The fourth-order valence-electron chi connectivity index (χ4n) is 0.674. The summed E-state index contributed by atoms with van der Waals surface area (Å²) < 4.78 is 27.2. The Morgan fingerprint density at radius 2 is 2.31 bits per heavy atom. The average Bonchev–Trinajstić information content (AvgIpc) is 2.07. The van der Waals surface area contributed by atoms with Crippen LogP contribution < -0.4 is 4.74 Å². The summed E-state index contributed by atoms with van der Waals surface area (Å²) in [6.45, 7) is -3.00. The van der Waals surface area contributed by atoms with Crippen LogP contribution in [0.3, 0.4) is 0 Å². The molecule has 68 valence electrons. The number of nitrogens with zero attached hydrogens (tertiary/aromatic N) is 2. The van der Waals surface area contributed by atoms with Crippen molar-refractivity contribution in [2.24, 2.45) is 0 Å². The molecule has 0 radical (unpaired) electrons. The summed E-state index contributed by atoms with van der Waals surface area (Å²) in [7, 11) is 0. The first-order valence-electron chi connectivity index (χ1n) is 3.17. The summed E-state index contributed by atoms with van der Waals surface area (Å²) in [5.74, 6) is -0.770. The van der Waals surface area contributed by atoms with E-state index in [9.17, 15) is 8.78 Å². The van der Waals surface area contributed by atoms with Gasteiger partial charge in [-0.25, -0.2) is 4.98 Å². The van der Waals surface area contributed by atoms with Crippen LogP contribution in [0, 0.1) is 11.3 Å². The number of halogens is 2. The molecule has 4 nitrogen and oxygen atoms in total. The molecule has 1 aromatic rings. The van der Waals surface area contributed by atoms with Crippen molar-refractivity contribution in [1.29, 1.82) is 5.26 Å². The average molecular weight is 186 g/mol. The monoisotopic (exact) mass is 186 g/mol. The third kappa shape index (κ3) is 2.27. The van der Waals surface area contributed by atoms with E-state index in [1.807, 2.05) is 0 Å². The minimum atomic E-state index is -3.00. The summed E-state index contributed by atoms with van der Waals surface area (Å²) in [5, 5.41) is 17.3. The molecule has 13 heavy (non-hydrogen) atoms. The van der Waals surface area contributed by atoms with Crippen LogP contribution in [0.1, 0.15) is 5.56 Å². The highest BCUT2D eigenvalue weighted by Gasteiger charge is 2.08. The van der Waals surface area contributed by atoms with Crippen molar-refractivity contribution in [3.05, 3.63) is 17.8 Å². The Kier molecular flexibility index (Phi) is 2.59. The molecule has 1 N–H and O–H groups in total. The number of hydrogen-bond donors (Lipinski definition) is 1. The van der Waals surface area contributed by atoms with Gasteiger partial charge in [-0.2, -0.15) is 14.0 Å². The topological polar surface area (TPSA) is 66.1 Å². The van der Waals surface area contributed by atoms with Crippen molar-refractivity contribution in [3.8, 4) is 17.7 Å². The first-order valence-corrected chi connectivity index (χ1v) is 3.17.